The van der Waals surface area contributed by atoms with Crippen LogP contribution in [0.25, 0.3) is 10.8 Å². The van der Waals surface area contributed by atoms with E-state index in [1.165, 1.54) is 0 Å². The molecule has 0 spiro atoms. The van der Waals surface area contributed by atoms with Gasteiger partial charge in [0.05, 0.1) is 18.5 Å². The molecule has 0 fully saturated rings. The number of hydrogen-bond donors (Lipinski definition) is 2. The third-order valence-corrected chi connectivity index (χ3v) is 3.64. The first-order valence-electron chi connectivity index (χ1n) is 7.38. The lowest BCUT2D eigenvalue weighted by molar-refractivity contribution is 0.262. The van der Waals surface area contributed by atoms with Crippen molar-refractivity contribution >= 4 is 28.2 Å². The van der Waals surface area contributed by atoms with Crippen molar-refractivity contribution in [1.82, 2.24) is 0 Å². The minimum absolute atomic E-state index is 0.301. The molecule has 0 atom stereocenters. The fourth-order valence-corrected chi connectivity index (χ4v) is 2.53. The minimum atomic E-state index is -0.301. The lowest BCUT2D eigenvalue weighted by atomic mass is 10.1. The summed E-state index contributed by atoms with van der Waals surface area (Å²) in [5.74, 6) is 0.628. The molecule has 4 heteroatoms. The van der Waals surface area contributed by atoms with E-state index in [-0.39, 0.29) is 6.03 Å². The first-order valence-corrected chi connectivity index (χ1v) is 7.38. The Morgan fingerprint density at radius 3 is 2.48 bits per heavy atom. The number of urea groups is 1. The average Bonchev–Trinajstić information content (AvgIpc) is 2.55. The highest BCUT2D eigenvalue weighted by Gasteiger charge is 2.09. The molecule has 0 radical (unpaired) electrons. The molecule has 2 N–H and O–H groups in total. The Bertz CT molecular complexity index is 854. The maximum atomic E-state index is 12.3. The van der Waals surface area contributed by atoms with Gasteiger partial charge >= 0.3 is 6.03 Å². The number of nitrogens with one attached hydrogen (secondary N) is 2. The van der Waals surface area contributed by atoms with Gasteiger partial charge in [0.15, 0.2) is 0 Å². The molecule has 0 aromatic heterocycles. The van der Waals surface area contributed by atoms with E-state index in [4.69, 9.17) is 4.74 Å². The molecule has 4 nitrogen and oxygen atoms in total. The van der Waals surface area contributed by atoms with E-state index in [9.17, 15) is 4.79 Å². The molecule has 0 aliphatic rings. The average molecular weight is 306 g/mol. The molecule has 0 aliphatic carbocycles. The fourth-order valence-electron chi connectivity index (χ4n) is 2.53. The number of amides is 2. The number of carbonyl (C=O) groups excluding carboxylic acids is 1. The number of hydrogen-bond acceptors (Lipinski definition) is 2. The van der Waals surface area contributed by atoms with Gasteiger partial charge < -0.3 is 15.4 Å². The molecule has 0 saturated carbocycles. The van der Waals surface area contributed by atoms with Crippen LogP contribution in [0.1, 0.15) is 5.56 Å². The fraction of sp³-hybridized carbons (Fsp3) is 0.105. The van der Waals surface area contributed by atoms with Crippen LogP contribution in [-0.2, 0) is 0 Å². The van der Waals surface area contributed by atoms with Gasteiger partial charge in [0.1, 0.15) is 5.75 Å². The van der Waals surface area contributed by atoms with Crippen molar-refractivity contribution in [2.24, 2.45) is 0 Å². The van der Waals surface area contributed by atoms with Crippen molar-refractivity contribution < 1.29 is 9.53 Å². The largest absolute Gasteiger partial charge is 0.495 e. The van der Waals surface area contributed by atoms with Crippen molar-refractivity contribution in [3.8, 4) is 5.75 Å². The topological polar surface area (TPSA) is 50.4 Å². The van der Waals surface area contributed by atoms with Crippen molar-refractivity contribution in [1.29, 1.82) is 0 Å². The highest BCUT2D eigenvalue weighted by atomic mass is 16.5. The molecule has 3 rings (SSSR count). The van der Waals surface area contributed by atoms with Gasteiger partial charge in [-0.3, -0.25) is 0 Å². The Balaban J connectivity index is 1.83. The Morgan fingerprint density at radius 1 is 0.913 bits per heavy atom. The van der Waals surface area contributed by atoms with E-state index in [0.29, 0.717) is 11.4 Å². The Morgan fingerprint density at radius 2 is 1.65 bits per heavy atom. The summed E-state index contributed by atoms with van der Waals surface area (Å²) in [7, 11) is 1.58. The molecule has 0 heterocycles. The summed E-state index contributed by atoms with van der Waals surface area (Å²) in [4.78, 5) is 12.3. The first kappa shape index (κ1) is 14.9. The Hall–Kier alpha value is -3.01. The van der Waals surface area contributed by atoms with Gasteiger partial charge in [0.2, 0.25) is 0 Å². The maximum absolute atomic E-state index is 12.3. The lowest BCUT2D eigenvalue weighted by Crippen LogP contribution is -2.20. The summed E-state index contributed by atoms with van der Waals surface area (Å²) in [6, 6.07) is 19.1. The van der Waals surface area contributed by atoms with Gasteiger partial charge in [0.25, 0.3) is 0 Å². The number of methoxy groups -OCH3 is 1. The normalized spacial score (nSPS) is 10.3. The smallest absolute Gasteiger partial charge is 0.323 e. The second-order valence-electron chi connectivity index (χ2n) is 5.31. The quantitative estimate of drug-likeness (QED) is 0.730. The number of anilines is 2. The van der Waals surface area contributed by atoms with E-state index in [1.807, 2.05) is 67.6 Å². The molecule has 0 aliphatic heterocycles. The first-order chi connectivity index (χ1) is 11.2. The highest BCUT2D eigenvalue weighted by Crippen LogP contribution is 2.26. The van der Waals surface area contributed by atoms with Gasteiger partial charge in [-0.15, -0.1) is 0 Å². The van der Waals surface area contributed by atoms with Gasteiger partial charge in [-0.2, -0.15) is 0 Å². The predicted octanol–water partition coefficient (Wildman–Crippen LogP) is 4.80. The van der Waals surface area contributed by atoms with Crippen molar-refractivity contribution in [2.45, 2.75) is 6.92 Å². The summed E-state index contributed by atoms with van der Waals surface area (Å²) in [5.41, 5.74) is 2.46. The summed E-state index contributed by atoms with van der Waals surface area (Å²) in [6.07, 6.45) is 0. The van der Waals surface area contributed by atoms with Crippen LogP contribution in [0.2, 0.25) is 0 Å². The number of ether oxygens (including phenoxy) is 1. The van der Waals surface area contributed by atoms with Crippen LogP contribution in [-0.4, -0.2) is 13.1 Å². The predicted molar refractivity (Wildman–Crippen MR) is 94.3 cm³/mol. The molecular weight excluding hydrogens is 288 g/mol. The SMILES string of the molecule is COc1ccc(C)cc1NC(=O)Nc1cccc2ccccc12. The van der Waals surface area contributed by atoms with Crippen LogP contribution in [0.5, 0.6) is 5.75 Å². The molecule has 3 aromatic rings. The van der Waals surface area contributed by atoms with E-state index in [2.05, 4.69) is 10.6 Å². The monoisotopic (exact) mass is 306 g/mol. The molecule has 0 unspecified atom stereocenters. The van der Waals surface area contributed by atoms with Crippen molar-refractivity contribution in [2.75, 3.05) is 17.7 Å². The van der Waals surface area contributed by atoms with E-state index in [1.54, 1.807) is 7.11 Å². The van der Waals surface area contributed by atoms with E-state index < -0.39 is 0 Å². The Labute approximate surface area is 135 Å². The summed E-state index contributed by atoms with van der Waals surface area (Å²) in [5, 5.41) is 7.82. The van der Waals surface area contributed by atoms with Crippen LogP contribution in [0, 0.1) is 6.92 Å². The van der Waals surface area contributed by atoms with Gasteiger partial charge in [0, 0.05) is 5.39 Å². The van der Waals surface area contributed by atoms with Crippen LogP contribution >= 0.6 is 0 Å². The van der Waals surface area contributed by atoms with Crippen LogP contribution in [0.15, 0.2) is 60.7 Å². The zero-order valence-electron chi connectivity index (χ0n) is 13.1. The molecule has 23 heavy (non-hydrogen) atoms. The number of benzene rings is 3. The molecule has 3 aromatic carbocycles. The van der Waals surface area contributed by atoms with Gasteiger partial charge in [-0.1, -0.05) is 42.5 Å². The summed E-state index contributed by atoms with van der Waals surface area (Å²) in [6.45, 7) is 1.97. The van der Waals surface area contributed by atoms with Crippen LogP contribution in [0.4, 0.5) is 16.2 Å². The van der Waals surface area contributed by atoms with Crippen molar-refractivity contribution in [3.63, 3.8) is 0 Å². The summed E-state index contributed by atoms with van der Waals surface area (Å²) >= 11 is 0. The molecule has 116 valence electrons. The van der Waals surface area contributed by atoms with Crippen molar-refractivity contribution in [3.05, 3.63) is 66.2 Å². The highest BCUT2D eigenvalue weighted by molar-refractivity contribution is 6.06. The van der Waals surface area contributed by atoms with E-state index in [0.717, 1.165) is 22.0 Å². The molecule has 0 bridgehead atoms. The Kier molecular flexibility index (Phi) is 4.15. The standard InChI is InChI=1S/C19H18N2O2/c1-13-10-11-18(23-2)17(12-13)21-19(22)20-16-9-5-7-14-6-3-4-8-15(14)16/h3-12H,1-2H3,(H2,20,21,22). The maximum Gasteiger partial charge on any atom is 0.323 e. The third-order valence-electron chi connectivity index (χ3n) is 3.64. The third kappa shape index (κ3) is 3.26. The van der Waals surface area contributed by atoms with Crippen LogP contribution < -0.4 is 15.4 Å². The molecule has 2 amide bonds. The molecule has 0 saturated heterocycles. The second-order valence-corrected chi connectivity index (χ2v) is 5.31. The number of carbonyl (C=O) groups is 1. The zero-order valence-corrected chi connectivity index (χ0v) is 13.1. The number of aryl methyl sites for hydroxylation is 1. The zero-order chi connectivity index (χ0) is 16.2. The van der Waals surface area contributed by atoms with Gasteiger partial charge in [-0.25, -0.2) is 4.79 Å². The van der Waals surface area contributed by atoms with E-state index >= 15 is 0 Å². The van der Waals surface area contributed by atoms with Crippen LogP contribution in [0.3, 0.4) is 0 Å². The summed E-state index contributed by atoms with van der Waals surface area (Å²) < 4.78 is 5.28. The number of rotatable bonds is 3. The minimum Gasteiger partial charge on any atom is -0.495 e. The molecular formula is C19H18N2O2. The number of fused-ring (bicyclic) bond motifs is 1. The second kappa shape index (κ2) is 6.40. The van der Waals surface area contributed by atoms with Gasteiger partial charge in [-0.05, 0) is 36.1 Å². The lowest BCUT2D eigenvalue weighted by Gasteiger charge is -2.13.